The maximum Gasteiger partial charge on any atom is -0.00261 e. The van der Waals surface area contributed by atoms with Crippen LogP contribution in [0, 0.1) is 0 Å². The largest absolute Gasteiger partial charge is 0.0622 e. The van der Waals surface area contributed by atoms with Crippen molar-refractivity contribution in [1.29, 1.82) is 0 Å². The predicted molar refractivity (Wildman–Crippen MR) is 479 cm³/mol. The van der Waals surface area contributed by atoms with E-state index >= 15 is 0 Å². The quantitative estimate of drug-likeness (QED) is 0.122. The molecule has 24 aromatic rings. The van der Waals surface area contributed by atoms with Gasteiger partial charge >= 0.3 is 0 Å². The van der Waals surface area contributed by atoms with Crippen LogP contribution in [0.15, 0.2) is 413 Å². The van der Waals surface area contributed by atoms with Gasteiger partial charge in [-0.2, -0.15) is 0 Å². The molecule has 0 spiro atoms. The van der Waals surface area contributed by atoms with Gasteiger partial charge in [0.1, 0.15) is 0 Å². The summed E-state index contributed by atoms with van der Waals surface area (Å²) in [5.41, 5.74) is 10.2. The molecule has 0 atom stereocenters. The lowest BCUT2D eigenvalue weighted by Crippen LogP contribution is -1.92. The maximum atomic E-state index is 2.48. The van der Waals surface area contributed by atoms with Crippen LogP contribution in [0.3, 0.4) is 0 Å². The predicted octanol–water partition coefficient (Wildman–Crippen LogP) is 31.3. The van der Waals surface area contributed by atoms with E-state index in [1.807, 2.05) is 0 Å². The first kappa shape index (κ1) is 63.0. The van der Waals surface area contributed by atoms with Crippen LogP contribution < -0.4 is 0 Å². The van der Waals surface area contributed by atoms with Crippen LogP contribution in [0.5, 0.6) is 0 Å². The molecule has 0 heterocycles. The Balaban J connectivity index is 0.000000103. The molecule has 24 rings (SSSR count). The topological polar surface area (TPSA) is 0 Å². The number of fused-ring (bicyclic) bond motifs is 26. The van der Waals surface area contributed by atoms with Crippen molar-refractivity contribution in [3.05, 3.63) is 413 Å². The monoisotopic (exact) mass is 1390 g/mol. The fourth-order valence-corrected chi connectivity index (χ4v) is 18.6. The first-order chi connectivity index (χ1) is 54.6. The van der Waals surface area contributed by atoms with Crippen molar-refractivity contribution < 1.29 is 0 Å². The highest BCUT2D eigenvalue weighted by Crippen LogP contribution is 2.51. The molecule has 0 aliphatic heterocycles. The van der Waals surface area contributed by atoms with Crippen molar-refractivity contribution in [2.75, 3.05) is 0 Å². The number of hydrogen-bond donors (Lipinski definition) is 0. The van der Waals surface area contributed by atoms with Gasteiger partial charge < -0.3 is 0 Å². The van der Waals surface area contributed by atoms with Crippen LogP contribution in [0.4, 0.5) is 0 Å². The zero-order chi connectivity index (χ0) is 72.3. The second kappa shape index (κ2) is 25.7. The fraction of sp³-hybridized carbons (Fsp3) is 0. The Hall–Kier alpha value is -14.3. The summed E-state index contributed by atoms with van der Waals surface area (Å²) in [5.74, 6) is 0. The summed E-state index contributed by atoms with van der Waals surface area (Å²) in [6.07, 6.45) is 0. The van der Waals surface area contributed by atoms with Gasteiger partial charge in [0.2, 0.25) is 0 Å². The van der Waals surface area contributed by atoms with Crippen LogP contribution in [-0.4, -0.2) is 0 Å². The minimum atomic E-state index is 1.24. The first-order valence-corrected chi connectivity index (χ1v) is 38.3. The van der Waals surface area contributed by atoms with Gasteiger partial charge in [-0.1, -0.05) is 340 Å². The van der Waals surface area contributed by atoms with E-state index in [9.17, 15) is 0 Å². The number of rotatable bonds is 4. The zero-order valence-electron chi connectivity index (χ0n) is 60.3. The summed E-state index contributed by atoms with van der Waals surface area (Å²) in [7, 11) is 0. The molecular formula is C110H68. The molecule has 0 radical (unpaired) electrons. The lowest BCUT2D eigenvalue weighted by Gasteiger charge is -2.20. The highest BCUT2D eigenvalue weighted by Gasteiger charge is 2.23. The van der Waals surface area contributed by atoms with E-state index in [4.69, 9.17) is 0 Å². The second-order valence-corrected chi connectivity index (χ2v) is 29.6. The minimum absolute atomic E-state index is 1.24. The molecule has 0 heteroatoms. The Morgan fingerprint density at radius 1 is 0.0818 bits per heavy atom. The molecule has 0 aromatic heterocycles. The number of hydrogen-bond acceptors (Lipinski definition) is 0. The summed E-state index contributed by atoms with van der Waals surface area (Å²) >= 11 is 0. The lowest BCUT2D eigenvalue weighted by molar-refractivity contribution is 1.66. The average Bonchev–Trinajstić information content (AvgIpc) is 0.710. The standard InChI is InChI=1S/C42H26.C38H24.C30H18/c1-3-13-27(14-4-1)41-33-21-11-12-22-34(33)42(28-15-5-2-6-16-28)40-26-38-36-24-30-18-8-7-17-29(30)23-35(36)31-19-9-10-20-32(31)37(38)25-39(40)41;1-3-13-25(14-4-1)37-31-21-11-12-22-32(31)38(26-15-5-2-6-16-26)36-24-34-30-20-10-8-18-28(30)27-17-7-9-19-29(27)33(34)23-35(36)37;1-2-8-20-14-24-18-30-28(17-23(24)13-19(20)7-1)26-12-6-5-11-25(26)27-15-21-9-3-4-10-22(21)16-29(27)30/h1-26H;1-24H;1-18H. The van der Waals surface area contributed by atoms with E-state index in [2.05, 4.69) is 413 Å². The Kier molecular flexibility index (Phi) is 14.8. The molecule has 0 aliphatic rings. The molecule has 0 N–H and O–H groups in total. The van der Waals surface area contributed by atoms with Gasteiger partial charge in [0.05, 0.1) is 0 Å². The summed E-state index contributed by atoms with van der Waals surface area (Å²) < 4.78 is 0. The van der Waals surface area contributed by atoms with E-state index in [1.54, 1.807) is 0 Å². The fourth-order valence-electron chi connectivity index (χ4n) is 18.6. The molecule has 0 nitrogen and oxygen atoms in total. The van der Waals surface area contributed by atoms with Crippen LogP contribution >= 0.6 is 0 Å². The molecular weight excluding hydrogens is 1320 g/mol. The molecule has 24 aromatic carbocycles. The smallest absolute Gasteiger partial charge is 0.00261 e. The third-order valence-corrected chi connectivity index (χ3v) is 23.5. The highest BCUT2D eigenvalue weighted by atomic mass is 14.3. The first-order valence-electron chi connectivity index (χ1n) is 38.3. The SMILES string of the molecule is c1ccc(-c2c3ccccc3c(-c3ccccc3)c3cc4c5cc6ccccc6cc5c5ccccc5c4cc23)cc1.c1ccc(-c2c3ccccc3c(-c3ccccc3)c3cc4c5ccccc5c5ccccc5c4cc23)cc1.c1ccc2cc3cc4c(cc3cc2c1)c1ccccc1c1cc2ccccc2cc14. The second-order valence-electron chi connectivity index (χ2n) is 29.6. The molecule has 0 amide bonds. The molecule has 0 unspecified atom stereocenters. The van der Waals surface area contributed by atoms with Gasteiger partial charge in [0.25, 0.3) is 0 Å². The Morgan fingerprint density at radius 3 is 0.455 bits per heavy atom. The summed E-state index contributed by atoms with van der Waals surface area (Å²) in [4.78, 5) is 0. The van der Waals surface area contributed by atoms with Crippen LogP contribution in [0.2, 0.25) is 0 Å². The van der Waals surface area contributed by atoms with E-state index in [-0.39, 0.29) is 0 Å². The van der Waals surface area contributed by atoms with Crippen LogP contribution in [-0.2, 0) is 0 Å². The highest BCUT2D eigenvalue weighted by molar-refractivity contribution is 6.35. The van der Waals surface area contributed by atoms with Crippen molar-refractivity contribution in [2.24, 2.45) is 0 Å². The van der Waals surface area contributed by atoms with Crippen molar-refractivity contribution in [3.63, 3.8) is 0 Å². The van der Waals surface area contributed by atoms with Gasteiger partial charge in [0.15, 0.2) is 0 Å². The van der Waals surface area contributed by atoms with Gasteiger partial charge in [-0.05, 0) is 300 Å². The van der Waals surface area contributed by atoms with E-state index in [0.29, 0.717) is 0 Å². The Morgan fingerprint density at radius 2 is 0.227 bits per heavy atom. The maximum absolute atomic E-state index is 2.48. The van der Waals surface area contributed by atoms with Gasteiger partial charge in [0, 0.05) is 0 Å². The average molecular weight is 1390 g/mol. The molecule has 110 heavy (non-hydrogen) atoms. The Labute approximate surface area is 635 Å². The third-order valence-electron chi connectivity index (χ3n) is 23.5. The normalized spacial score (nSPS) is 11.8. The van der Waals surface area contributed by atoms with Crippen molar-refractivity contribution in [3.8, 4) is 44.5 Å². The summed E-state index contributed by atoms with van der Waals surface area (Å²) in [6, 6.07) is 152. The molecule has 0 aliphatic carbocycles. The van der Waals surface area contributed by atoms with Crippen molar-refractivity contribution in [2.45, 2.75) is 0 Å². The van der Waals surface area contributed by atoms with Crippen LogP contribution in [0.25, 0.3) is 228 Å². The van der Waals surface area contributed by atoms with Crippen molar-refractivity contribution >= 4 is 183 Å². The van der Waals surface area contributed by atoms with E-state index in [1.165, 1.54) is 228 Å². The van der Waals surface area contributed by atoms with E-state index in [0.717, 1.165) is 0 Å². The third kappa shape index (κ3) is 10.2. The van der Waals surface area contributed by atoms with E-state index < -0.39 is 0 Å². The van der Waals surface area contributed by atoms with Gasteiger partial charge in [-0.15, -0.1) is 0 Å². The minimum Gasteiger partial charge on any atom is -0.0622 e. The Bertz CT molecular complexity index is 7760. The molecule has 0 saturated carbocycles. The molecule has 0 fully saturated rings. The molecule has 0 saturated heterocycles. The summed E-state index contributed by atoms with van der Waals surface area (Å²) in [5, 5.41) is 44.2. The summed E-state index contributed by atoms with van der Waals surface area (Å²) in [6.45, 7) is 0. The zero-order valence-corrected chi connectivity index (χ0v) is 60.3. The lowest BCUT2D eigenvalue weighted by atomic mass is 9.83. The van der Waals surface area contributed by atoms with Gasteiger partial charge in [-0.3, -0.25) is 0 Å². The molecule has 508 valence electrons. The van der Waals surface area contributed by atoms with Gasteiger partial charge in [-0.25, -0.2) is 0 Å². The van der Waals surface area contributed by atoms with Crippen LogP contribution in [0.1, 0.15) is 0 Å². The number of benzene rings is 24. The van der Waals surface area contributed by atoms with Crippen molar-refractivity contribution in [1.82, 2.24) is 0 Å². The molecule has 0 bridgehead atoms.